The minimum Gasteiger partial charge on any atom is -0.329 e. The van der Waals surface area contributed by atoms with Crippen LogP contribution >= 0.6 is 11.3 Å². The number of nitrogens with one attached hydrogen (secondary N) is 2. The fraction of sp³-hybridized carbons (Fsp3) is 0.133. The van der Waals surface area contributed by atoms with Crippen LogP contribution in [0.3, 0.4) is 0 Å². The second-order valence-electron chi connectivity index (χ2n) is 5.17. The third-order valence-corrected chi connectivity index (χ3v) is 4.24. The third kappa shape index (κ3) is 4.11. The monoisotopic (exact) mass is 397 g/mol. The van der Waals surface area contributed by atoms with Crippen molar-refractivity contribution in [2.45, 2.75) is 13.1 Å². The van der Waals surface area contributed by atoms with Crippen LogP contribution < -0.4 is 10.9 Å². The molecule has 0 spiro atoms. The molecule has 0 bridgehead atoms. The number of hydrogen-bond donors (Lipinski definition) is 2. The molecule has 140 valence electrons. The van der Waals surface area contributed by atoms with Crippen LogP contribution in [0.2, 0.25) is 0 Å². The Hall–Kier alpha value is -3.28. The van der Waals surface area contributed by atoms with Crippen molar-refractivity contribution in [1.29, 1.82) is 0 Å². The number of aromatic nitrogens is 3. The van der Waals surface area contributed by atoms with Crippen molar-refractivity contribution in [2.75, 3.05) is 0 Å². The lowest BCUT2D eigenvalue weighted by molar-refractivity contribution is -0.159. The number of benzene rings is 1. The van der Waals surface area contributed by atoms with Gasteiger partial charge in [0, 0.05) is 11.1 Å². The Kier molecular flexibility index (Phi) is 4.90. The van der Waals surface area contributed by atoms with Gasteiger partial charge < -0.3 is 4.52 Å². The van der Waals surface area contributed by atoms with E-state index in [1.165, 1.54) is 29.8 Å². The zero-order chi connectivity index (χ0) is 19.6. The number of hydrazine groups is 1. The highest BCUT2D eigenvalue weighted by molar-refractivity contribution is 7.11. The molecule has 0 fully saturated rings. The summed E-state index contributed by atoms with van der Waals surface area (Å²) in [4.78, 5) is 31.5. The molecule has 0 saturated carbocycles. The van der Waals surface area contributed by atoms with Crippen LogP contribution in [0.25, 0.3) is 11.4 Å². The van der Waals surface area contributed by atoms with Crippen molar-refractivity contribution in [3.63, 3.8) is 0 Å². The van der Waals surface area contributed by atoms with Crippen LogP contribution in [0.5, 0.6) is 0 Å². The first kappa shape index (κ1) is 18.5. The minimum atomic E-state index is -4.74. The maximum atomic E-state index is 12.5. The first-order valence-electron chi connectivity index (χ1n) is 7.28. The van der Waals surface area contributed by atoms with Gasteiger partial charge in [-0.05, 0) is 19.1 Å². The van der Waals surface area contributed by atoms with Crippen LogP contribution in [0.1, 0.15) is 31.6 Å². The molecule has 2 heterocycles. The molecule has 3 rings (SSSR count). The molecular formula is C15H10F3N5O3S. The molecule has 0 saturated heterocycles. The fourth-order valence-electron chi connectivity index (χ4n) is 1.99. The van der Waals surface area contributed by atoms with Gasteiger partial charge in [-0.2, -0.15) is 18.2 Å². The van der Waals surface area contributed by atoms with Crippen LogP contribution in [0.4, 0.5) is 13.2 Å². The molecule has 2 aromatic heterocycles. The third-order valence-electron chi connectivity index (χ3n) is 3.32. The molecular weight excluding hydrogens is 387 g/mol. The van der Waals surface area contributed by atoms with E-state index in [0.717, 1.165) is 11.3 Å². The van der Waals surface area contributed by atoms with Crippen LogP contribution in [-0.4, -0.2) is 26.9 Å². The second kappa shape index (κ2) is 7.15. The van der Waals surface area contributed by atoms with Gasteiger partial charge in [0.2, 0.25) is 5.82 Å². The highest BCUT2D eigenvalue weighted by atomic mass is 32.1. The highest BCUT2D eigenvalue weighted by Gasteiger charge is 2.38. The molecule has 2 amide bonds. The van der Waals surface area contributed by atoms with Gasteiger partial charge in [-0.25, -0.2) is 4.98 Å². The maximum Gasteiger partial charge on any atom is 0.471 e. The molecule has 27 heavy (non-hydrogen) atoms. The van der Waals surface area contributed by atoms with E-state index in [4.69, 9.17) is 0 Å². The summed E-state index contributed by atoms with van der Waals surface area (Å²) in [6.07, 6.45) is -4.74. The number of rotatable bonds is 3. The van der Waals surface area contributed by atoms with E-state index in [-0.39, 0.29) is 17.0 Å². The number of alkyl halides is 3. The van der Waals surface area contributed by atoms with E-state index in [9.17, 15) is 22.8 Å². The summed E-state index contributed by atoms with van der Waals surface area (Å²) in [5, 5.41) is 3.26. The fourth-order valence-corrected chi connectivity index (χ4v) is 2.69. The Bertz CT molecular complexity index is 981. The van der Waals surface area contributed by atoms with Gasteiger partial charge in [0.05, 0.1) is 11.2 Å². The van der Waals surface area contributed by atoms with Crippen molar-refractivity contribution in [3.8, 4) is 11.4 Å². The molecule has 0 unspecified atom stereocenters. The number of halogens is 3. The van der Waals surface area contributed by atoms with Crippen LogP contribution in [0.15, 0.2) is 34.3 Å². The summed E-state index contributed by atoms with van der Waals surface area (Å²) in [5.41, 5.74) is 6.94. The molecule has 1 aromatic carbocycles. The topological polar surface area (TPSA) is 110 Å². The number of amides is 2. The normalized spacial score (nSPS) is 11.3. The van der Waals surface area contributed by atoms with Crippen LogP contribution in [0, 0.1) is 6.92 Å². The Morgan fingerprint density at radius 2 is 1.78 bits per heavy atom. The quantitative estimate of drug-likeness (QED) is 0.658. The summed E-state index contributed by atoms with van der Waals surface area (Å²) < 4.78 is 41.6. The summed E-state index contributed by atoms with van der Waals surface area (Å²) in [6.45, 7) is 1.66. The van der Waals surface area contributed by atoms with E-state index in [1.54, 1.807) is 6.92 Å². The van der Waals surface area contributed by atoms with E-state index < -0.39 is 23.9 Å². The molecule has 8 nitrogen and oxygen atoms in total. The predicted octanol–water partition coefficient (Wildman–Crippen LogP) is 2.60. The standard InChI is InChI=1S/C15H10F3N5O3S/c1-7-10(27-6-19-7)13(25)22-21-12(24)9-4-2-8(3-5-9)11-20-14(26-23-11)15(16,17)18/h2-6H,1H3,(H,21,24)(H,22,25). The Balaban J connectivity index is 1.64. The van der Waals surface area contributed by atoms with Crippen molar-refractivity contribution in [1.82, 2.24) is 26.0 Å². The lowest BCUT2D eigenvalue weighted by atomic mass is 10.1. The lowest BCUT2D eigenvalue weighted by Crippen LogP contribution is -2.41. The summed E-state index contributed by atoms with van der Waals surface area (Å²) in [6, 6.07) is 5.40. The summed E-state index contributed by atoms with van der Waals surface area (Å²) in [5.74, 6) is -2.84. The second-order valence-corrected chi connectivity index (χ2v) is 6.03. The van der Waals surface area contributed by atoms with Gasteiger partial charge in [-0.3, -0.25) is 20.4 Å². The first-order valence-corrected chi connectivity index (χ1v) is 8.16. The van der Waals surface area contributed by atoms with E-state index in [0.29, 0.717) is 10.6 Å². The number of thiazole rings is 1. The van der Waals surface area contributed by atoms with E-state index in [2.05, 4.69) is 30.5 Å². The number of carbonyl (C=O) groups excluding carboxylic acids is 2. The number of aryl methyl sites for hydroxylation is 1. The summed E-state index contributed by atoms with van der Waals surface area (Å²) >= 11 is 1.13. The molecule has 0 atom stereocenters. The molecule has 0 radical (unpaired) electrons. The average Bonchev–Trinajstić information content (AvgIpc) is 3.28. The largest absolute Gasteiger partial charge is 0.471 e. The zero-order valence-electron chi connectivity index (χ0n) is 13.5. The van der Waals surface area contributed by atoms with E-state index >= 15 is 0 Å². The van der Waals surface area contributed by atoms with Crippen molar-refractivity contribution < 1.29 is 27.3 Å². The molecule has 3 aromatic rings. The van der Waals surface area contributed by atoms with Crippen molar-refractivity contribution in [3.05, 3.63) is 51.8 Å². The number of hydrogen-bond acceptors (Lipinski definition) is 7. The van der Waals surface area contributed by atoms with Crippen LogP contribution in [-0.2, 0) is 6.18 Å². The molecule has 12 heteroatoms. The molecule has 0 aliphatic rings. The molecule has 0 aliphatic heterocycles. The van der Waals surface area contributed by atoms with Gasteiger partial charge in [0.1, 0.15) is 4.88 Å². The predicted molar refractivity (Wildman–Crippen MR) is 86.5 cm³/mol. The minimum absolute atomic E-state index is 0.166. The Morgan fingerprint density at radius 3 is 2.33 bits per heavy atom. The first-order chi connectivity index (χ1) is 12.8. The van der Waals surface area contributed by atoms with Gasteiger partial charge in [0.25, 0.3) is 11.8 Å². The Labute approximate surface area is 153 Å². The zero-order valence-corrected chi connectivity index (χ0v) is 14.3. The van der Waals surface area contributed by atoms with Gasteiger partial charge >= 0.3 is 12.1 Å². The SMILES string of the molecule is Cc1ncsc1C(=O)NNC(=O)c1ccc(-c2noc(C(F)(F)F)n2)cc1. The smallest absolute Gasteiger partial charge is 0.329 e. The van der Waals surface area contributed by atoms with Crippen molar-refractivity contribution >= 4 is 23.2 Å². The van der Waals surface area contributed by atoms with Crippen molar-refractivity contribution in [2.24, 2.45) is 0 Å². The Morgan fingerprint density at radius 1 is 1.11 bits per heavy atom. The highest BCUT2D eigenvalue weighted by Crippen LogP contribution is 2.29. The molecule has 2 N–H and O–H groups in total. The maximum absolute atomic E-state index is 12.5. The van der Waals surface area contributed by atoms with Gasteiger partial charge in [0.15, 0.2) is 0 Å². The average molecular weight is 397 g/mol. The van der Waals surface area contributed by atoms with Gasteiger partial charge in [-0.15, -0.1) is 11.3 Å². The van der Waals surface area contributed by atoms with E-state index in [1.807, 2.05) is 0 Å². The number of carbonyl (C=O) groups is 2. The lowest BCUT2D eigenvalue weighted by Gasteiger charge is -2.07. The molecule has 0 aliphatic carbocycles. The van der Waals surface area contributed by atoms with Gasteiger partial charge in [-0.1, -0.05) is 17.3 Å². The summed E-state index contributed by atoms with van der Waals surface area (Å²) in [7, 11) is 0. The number of nitrogens with zero attached hydrogens (tertiary/aromatic N) is 3.